The number of hydrogen-bond acceptors (Lipinski definition) is 4. The molecular formula is C16H13NO4. The number of ether oxygens (including phenoxy) is 1. The number of allylic oxidation sites excluding steroid dienone is 1. The zero-order valence-electron chi connectivity index (χ0n) is 11.4. The van der Waals surface area contributed by atoms with Gasteiger partial charge in [-0.3, -0.25) is 14.9 Å². The molecule has 2 aromatic rings. The van der Waals surface area contributed by atoms with E-state index in [1.165, 1.54) is 25.3 Å². The van der Waals surface area contributed by atoms with Crippen LogP contribution in [0.25, 0.3) is 6.08 Å². The maximum Gasteiger partial charge on any atom is 0.311 e. The third-order valence-electron chi connectivity index (χ3n) is 2.89. The average molecular weight is 283 g/mol. The Balaban J connectivity index is 2.24. The Kier molecular flexibility index (Phi) is 4.46. The third-order valence-corrected chi connectivity index (χ3v) is 2.89. The number of carbonyl (C=O) groups excluding carboxylic acids is 1. The van der Waals surface area contributed by atoms with Gasteiger partial charge < -0.3 is 4.74 Å². The summed E-state index contributed by atoms with van der Waals surface area (Å²) >= 11 is 0. The van der Waals surface area contributed by atoms with Crippen LogP contribution in [-0.4, -0.2) is 17.8 Å². The Bertz CT molecular complexity index is 693. The van der Waals surface area contributed by atoms with E-state index >= 15 is 0 Å². The molecule has 21 heavy (non-hydrogen) atoms. The highest BCUT2D eigenvalue weighted by molar-refractivity contribution is 6.06. The highest BCUT2D eigenvalue weighted by atomic mass is 16.6. The topological polar surface area (TPSA) is 69.4 Å². The van der Waals surface area contributed by atoms with Crippen molar-refractivity contribution in [3.63, 3.8) is 0 Å². The van der Waals surface area contributed by atoms with E-state index in [0.29, 0.717) is 11.1 Å². The SMILES string of the molecule is COc1ccc(/C=C/C(=O)c2ccccc2)cc1[N+](=O)[O-]. The van der Waals surface area contributed by atoms with Crippen molar-refractivity contribution in [3.05, 3.63) is 75.8 Å². The van der Waals surface area contributed by atoms with Crippen molar-refractivity contribution >= 4 is 17.5 Å². The Morgan fingerprint density at radius 1 is 1.19 bits per heavy atom. The van der Waals surface area contributed by atoms with Crippen LogP contribution < -0.4 is 4.74 Å². The lowest BCUT2D eigenvalue weighted by molar-refractivity contribution is -0.385. The molecule has 0 aliphatic carbocycles. The number of nitro groups is 1. The minimum absolute atomic E-state index is 0.133. The second-order valence-corrected chi connectivity index (χ2v) is 4.25. The molecule has 0 aliphatic heterocycles. The number of rotatable bonds is 5. The molecule has 2 aromatic carbocycles. The molecule has 5 nitrogen and oxygen atoms in total. The van der Waals surface area contributed by atoms with Crippen molar-refractivity contribution in [2.45, 2.75) is 0 Å². The highest BCUT2D eigenvalue weighted by Crippen LogP contribution is 2.27. The zero-order chi connectivity index (χ0) is 15.2. The summed E-state index contributed by atoms with van der Waals surface area (Å²) < 4.78 is 4.92. The molecule has 0 saturated carbocycles. The van der Waals surface area contributed by atoms with Gasteiger partial charge in [-0.25, -0.2) is 0 Å². The zero-order valence-corrected chi connectivity index (χ0v) is 11.4. The lowest BCUT2D eigenvalue weighted by Gasteiger charge is -2.02. The number of ketones is 1. The first-order chi connectivity index (χ1) is 10.1. The van der Waals surface area contributed by atoms with Crippen molar-refractivity contribution < 1.29 is 14.5 Å². The fraction of sp³-hybridized carbons (Fsp3) is 0.0625. The molecule has 5 heteroatoms. The summed E-state index contributed by atoms with van der Waals surface area (Å²) in [6, 6.07) is 13.3. The Hall–Kier alpha value is -2.95. The van der Waals surface area contributed by atoms with Gasteiger partial charge in [-0.2, -0.15) is 0 Å². The van der Waals surface area contributed by atoms with Crippen LogP contribution in [0.15, 0.2) is 54.6 Å². The fourth-order valence-electron chi connectivity index (χ4n) is 1.82. The van der Waals surface area contributed by atoms with Crippen molar-refractivity contribution in [3.8, 4) is 5.75 Å². The van der Waals surface area contributed by atoms with E-state index in [1.807, 2.05) is 6.07 Å². The predicted molar refractivity (Wildman–Crippen MR) is 79.5 cm³/mol. The standard InChI is InChI=1S/C16H13NO4/c1-21-16-10-8-12(11-14(16)17(19)20)7-9-15(18)13-5-3-2-4-6-13/h2-11H,1H3/b9-7+. The molecule has 0 heterocycles. The normalized spacial score (nSPS) is 10.5. The van der Waals surface area contributed by atoms with Gasteiger partial charge in [-0.05, 0) is 17.7 Å². The van der Waals surface area contributed by atoms with Crippen molar-refractivity contribution in [1.82, 2.24) is 0 Å². The van der Waals surface area contributed by atoms with Crippen LogP contribution in [0.4, 0.5) is 5.69 Å². The molecule has 0 unspecified atom stereocenters. The summed E-state index contributed by atoms with van der Waals surface area (Å²) in [5.74, 6) is 0.0283. The molecule has 106 valence electrons. The van der Waals surface area contributed by atoms with E-state index in [2.05, 4.69) is 0 Å². The molecule has 2 rings (SSSR count). The highest BCUT2D eigenvalue weighted by Gasteiger charge is 2.14. The number of nitrogens with zero attached hydrogens (tertiary/aromatic N) is 1. The van der Waals surface area contributed by atoms with Gasteiger partial charge in [0.2, 0.25) is 0 Å². The summed E-state index contributed by atoms with van der Waals surface area (Å²) in [6.45, 7) is 0. The number of hydrogen-bond donors (Lipinski definition) is 0. The molecule has 0 spiro atoms. The Morgan fingerprint density at radius 3 is 2.52 bits per heavy atom. The Morgan fingerprint density at radius 2 is 1.90 bits per heavy atom. The van der Waals surface area contributed by atoms with Gasteiger partial charge in [0, 0.05) is 11.6 Å². The maximum atomic E-state index is 11.9. The minimum atomic E-state index is -0.519. The van der Waals surface area contributed by atoms with Crippen molar-refractivity contribution in [2.75, 3.05) is 7.11 Å². The number of methoxy groups -OCH3 is 1. The number of benzene rings is 2. The number of carbonyl (C=O) groups is 1. The first-order valence-electron chi connectivity index (χ1n) is 6.21. The van der Waals surface area contributed by atoms with Crippen LogP contribution in [0.1, 0.15) is 15.9 Å². The largest absolute Gasteiger partial charge is 0.490 e. The molecule has 0 fully saturated rings. The molecule has 0 bridgehead atoms. The van der Waals surface area contributed by atoms with E-state index in [4.69, 9.17) is 4.74 Å². The van der Waals surface area contributed by atoms with Gasteiger partial charge in [-0.1, -0.05) is 42.5 Å². The van der Waals surface area contributed by atoms with Crippen molar-refractivity contribution in [1.29, 1.82) is 0 Å². The van der Waals surface area contributed by atoms with E-state index in [0.717, 1.165) is 0 Å². The summed E-state index contributed by atoms with van der Waals surface area (Å²) in [5.41, 5.74) is 0.996. The predicted octanol–water partition coefficient (Wildman–Crippen LogP) is 3.50. The quantitative estimate of drug-likeness (QED) is 0.364. The van der Waals surface area contributed by atoms with Crippen LogP contribution in [0.3, 0.4) is 0 Å². The van der Waals surface area contributed by atoms with Gasteiger partial charge in [-0.15, -0.1) is 0 Å². The number of nitro benzene ring substituents is 1. The second-order valence-electron chi connectivity index (χ2n) is 4.25. The molecule has 0 saturated heterocycles. The van der Waals surface area contributed by atoms with E-state index in [9.17, 15) is 14.9 Å². The van der Waals surface area contributed by atoms with E-state index in [1.54, 1.807) is 36.4 Å². The monoisotopic (exact) mass is 283 g/mol. The molecule has 0 amide bonds. The lowest BCUT2D eigenvalue weighted by Crippen LogP contribution is -1.95. The van der Waals surface area contributed by atoms with Crippen LogP contribution in [0.2, 0.25) is 0 Å². The van der Waals surface area contributed by atoms with Crippen LogP contribution in [0.5, 0.6) is 5.75 Å². The molecule has 0 aliphatic rings. The first-order valence-corrected chi connectivity index (χ1v) is 6.21. The molecule has 0 aromatic heterocycles. The first kappa shape index (κ1) is 14.5. The molecule has 0 radical (unpaired) electrons. The molecule has 0 atom stereocenters. The summed E-state index contributed by atoms with van der Waals surface area (Å²) in [4.78, 5) is 22.3. The van der Waals surface area contributed by atoms with E-state index < -0.39 is 4.92 Å². The second kappa shape index (κ2) is 6.47. The fourth-order valence-corrected chi connectivity index (χ4v) is 1.82. The van der Waals surface area contributed by atoms with E-state index in [-0.39, 0.29) is 17.2 Å². The van der Waals surface area contributed by atoms with Gasteiger partial charge in [0.15, 0.2) is 11.5 Å². The van der Waals surface area contributed by atoms with Crippen LogP contribution >= 0.6 is 0 Å². The minimum Gasteiger partial charge on any atom is -0.490 e. The maximum absolute atomic E-state index is 11.9. The summed E-state index contributed by atoms with van der Waals surface area (Å²) in [5, 5.41) is 10.9. The van der Waals surface area contributed by atoms with Gasteiger partial charge in [0.05, 0.1) is 12.0 Å². The van der Waals surface area contributed by atoms with Crippen LogP contribution in [-0.2, 0) is 0 Å². The van der Waals surface area contributed by atoms with Gasteiger partial charge in [0.25, 0.3) is 0 Å². The van der Waals surface area contributed by atoms with Gasteiger partial charge >= 0.3 is 5.69 Å². The smallest absolute Gasteiger partial charge is 0.311 e. The third kappa shape index (κ3) is 3.54. The Labute approximate surface area is 121 Å². The van der Waals surface area contributed by atoms with Gasteiger partial charge in [0.1, 0.15) is 0 Å². The molecule has 0 N–H and O–H groups in total. The summed E-state index contributed by atoms with van der Waals surface area (Å²) in [6.07, 6.45) is 2.93. The lowest BCUT2D eigenvalue weighted by atomic mass is 10.1. The summed E-state index contributed by atoms with van der Waals surface area (Å²) in [7, 11) is 1.37. The average Bonchev–Trinajstić information content (AvgIpc) is 2.53. The molecular weight excluding hydrogens is 270 g/mol. The van der Waals surface area contributed by atoms with Crippen molar-refractivity contribution in [2.24, 2.45) is 0 Å². The van der Waals surface area contributed by atoms with Crippen LogP contribution in [0, 0.1) is 10.1 Å².